The monoisotopic (exact) mass is 312 g/mol. The van der Waals surface area contributed by atoms with Crippen molar-refractivity contribution in [1.82, 2.24) is 4.90 Å². The van der Waals surface area contributed by atoms with Crippen LogP contribution >= 0.6 is 0 Å². The first kappa shape index (κ1) is 16.4. The fraction of sp³-hybridized carbons (Fsp3) is 0.467. The summed E-state index contributed by atoms with van der Waals surface area (Å²) in [5.41, 5.74) is -0.412. The molecule has 1 fully saturated rings. The molecular weight excluding hydrogens is 294 g/mol. The lowest BCUT2D eigenvalue weighted by atomic mass is 10.2. The van der Waals surface area contributed by atoms with Crippen LogP contribution in [-0.2, 0) is 14.3 Å². The lowest BCUT2D eigenvalue weighted by Crippen LogP contribution is -2.42. The molecule has 0 radical (unpaired) electrons. The average molecular weight is 312 g/mol. The number of rotatable bonds is 4. The van der Waals surface area contributed by atoms with Gasteiger partial charge in [0.05, 0.1) is 13.2 Å². The van der Waals surface area contributed by atoms with Crippen molar-refractivity contribution < 1.29 is 23.1 Å². The van der Waals surface area contributed by atoms with Crippen molar-refractivity contribution in [3.8, 4) is 0 Å². The number of nitrogens with zero attached hydrogens (tertiary/aromatic N) is 2. The Hall–Kier alpha value is -2.02. The van der Waals surface area contributed by atoms with Crippen molar-refractivity contribution in [3.63, 3.8) is 0 Å². The van der Waals surface area contributed by atoms with Crippen molar-refractivity contribution >= 4 is 17.5 Å². The van der Waals surface area contributed by atoms with Crippen molar-refractivity contribution in [1.29, 1.82) is 0 Å². The van der Waals surface area contributed by atoms with E-state index in [0.717, 1.165) is 17.0 Å². The Morgan fingerprint density at radius 1 is 1.23 bits per heavy atom. The summed E-state index contributed by atoms with van der Waals surface area (Å²) in [6.45, 7) is 3.09. The maximum absolute atomic E-state index is 13.8. The van der Waals surface area contributed by atoms with Crippen LogP contribution in [0.4, 0.5) is 14.5 Å². The molecule has 2 amide bonds. The molecule has 0 saturated carbocycles. The van der Waals surface area contributed by atoms with E-state index in [1.807, 2.05) is 0 Å². The number of hydrogen-bond donors (Lipinski definition) is 0. The summed E-state index contributed by atoms with van der Waals surface area (Å²) in [5.74, 6) is -2.33. The molecule has 0 bridgehead atoms. The third-order valence-electron chi connectivity index (χ3n) is 3.50. The van der Waals surface area contributed by atoms with E-state index in [-0.39, 0.29) is 18.9 Å². The normalized spacial score (nSPS) is 14.8. The lowest BCUT2D eigenvalue weighted by molar-refractivity contribution is -0.135. The minimum atomic E-state index is -0.825. The van der Waals surface area contributed by atoms with E-state index in [1.165, 1.54) is 13.0 Å². The fourth-order valence-corrected chi connectivity index (χ4v) is 2.35. The van der Waals surface area contributed by atoms with Crippen molar-refractivity contribution in [2.24, 2.45) is 0 Å². The van der Waals surface area contributed by atoms with Crippen LogP contribution in [0.15, 0.2) is 18.2 Å². The number of ether oxygens (including phenoxy) is 1. The molecule has 1 saturated heterocycles. The first-order valence-corrected chi connectivity index (χ1v) is 7.08. The van der Waals surface area contributed by atoms with E-state index in [1.54, 1.807) is 4.90 Å². The zero-order valence-electron chi connectivity index (χ0n) is 12.3. The van der Waals surface area contributed by atoms with Gasteiger partial charge in [-0.05, 0) is 12.1 Å². The molecule has 5 nitrogen and oxygen atoms in total. The minimum absolute atomic E-state index is 0.00730. The van der Waals surface area contributed by atoms with Crippen LogP contribution in [0.3, 0.4) is 0 Å². The van der Waals surface area contributed by atoms with E-state index >= 15 is 0 Å². The number of benzene rings is 1. The van der Waals surface area contributed by atoms with Crippen LogP contribution in [0.2, 0.25) is 0 Å². The Morgan fingerprint density at radius 2 is 1.82 bits per heavy atom. The van der Waals surface area contributed by atoms with Gasteiger partial charge in [-0.3, -0.25) is 9.59 Å². The number of hydrogen-bond acceptors (Lipinski definition) is 3. The molecule has 1 heterocycles. The van der Waals surface area contributed by atoms with Crippen molar-refractivity contribution in [2.45, 2.75) is 13.3 Å². The lowest BCUT2D eigenvalue weighted by Gasteiger charge is -2.28. The van der Waals surface area contributed by atoms with Crippen LogP contribution in [0, 0.1) is 11.6 Å². The number of para-hydroxylation sites is 1. The van der Waals surface area contributed by atoms with Crippen LogP contribution in [0.25, 0.3) is 0 Å². The molecule has 1 aliphatic rings. The molecule has 1 aromatic rings. The smallest absolute Gasteiger partial charge is 0.224 e. The number of morpholine rings is 1. The number of carbonyl (C=O) groups excluding carboxylic acids is 2. The molecule has 0 spiro atoms. The van der Waals surface area contributed by atoms with E-state index in [0.29, 0.717) is 26.3 Å². The molecule has 0 aliphatic carbocycles. The zero-order chi connectivity index (χ0) is 16.1. The van der Waals surface area contributed by atoms with Gasteiger partial charge in [-0.1, -0.05) is 6.07 Å². The largest absolute Gasteiger partial charge is 0.378 e. The van der Waals surface area contributed by atoms with E-state index < -0.39 is 23.2 Å². The van der Waals surface area contributed by atoms with Gasteiger partial charge in [0.15, 0.2) is 0 Å². The number of amides is 2. The summed E-state index contributed by atoms with van der Waals surface area (Å²) in [6.07, 6.45) is 0.00730. The second kappa shape index (κ2) is 7.31. The zero-order valence-corrected chi connectivity index (χ0v) is 12.3. The minimum Gasteiger partial charge on any atom is -0.378 e. The third kappa shape index (κ3) is 3.79. The highest BCUT2D eigenvalue weighted by Crippen LogP contribution is 2.23. The second-order valence-corrected chi connectivity index (χ2v) is 4.98. The molecule has 0 aromatic heterocycles. The molecule has 0 atom stereocenters. The molecule has 0 N–H and O–H groups in total. The molecule has 120 valence electrons. The van der Waals surface area contributed by atoms with Gasteiger partial charge in [0.25, 0.3) is 0 Å². The highest BCUT2D eigenvalue weighted by Gasteiger charge is 2.23. The summed E-state index contributed by atoms with van der Waals surface area (Å²) in [7, 11) is 0. The van der Waals surface area contributed by atoms with Gasteiger partial charge in [0.1, 0.15) is 17.3 Å². The predicted molar refractivity (Wildman–Crippen MR) is 76.4 cm³/mol. The molecule has 22 heavy (non-hydrogen) atoms. The summed E-state index contributed by atoms with van der Waals surface area (Å²) in [5, 5.41) is 0. The van der Waals surface area contributed by atoms with Crippen molar-refractivity contribution in [2.75, 3.05) is 37.7 Å². The summed E-state index contributed by atoms with van der Waals surface area (Å²) >= 11 is 0. The first-order valence-electron chi connectivity index (χ1n) is 7.08. The first-order chi connectivity index (χ1) is 10.5. The topological polar surface area (TPSA) is 49.9 Å². The highest BCUT2D eigenvalue weighted by molar-refractivity contribution is 5.92. The molecule has 1 aromatic carbocycles. The van der Waals surface area contributed by atoms with Gasteiger partial charge in [0, 0.05) is 33.0 Å². The maximum Gasteiger partial charge on any atom is 0.224 e. The second-order valence-electron chi connectivity index (χ2n) is 4.98. The van der Waals surface area contributed by atoms with Crippen molar-refractivity contribution in [3.05, 3.63) is 29.8 Å². The van der Waals surface area contributed by atoms with E-state index in [4.69, 9.17) is 4.74 Å². The molecule has 1 aliphatic heterocycles. The SMILES string of the molecule is CC(=O)N(CCC(=O)N1CCOCC1)c1c(F)cccc1F. The maximum atomic E-state index is 13.8. The Labute approximate surface area is 127 Å². The number of halogens is 2. The van der Waals surface area contributed by atoms with E-state index in [9.17, 15) is 18.4 Å². The Bertz CT molecular complexity index is 539. The van der Waals surface area contributed by atoms with E-state index in [2.05, 4.69) is 0 Å². The predicted octanol–water partition coefficient (Wildman–Crippen LogP) is 1.57. The Balaban J connectivity index is 2.06. The van der Waals surface area contributed by atoms with Crippen LogP contribution in [0.5, 0.6) is 0 Å². The molecular formula is C15H18F2N2O3. The van der Waals surface area contributed by atoms with Gasteiger partial charge in [0.2, 0.25) is 11.8 Å². The Morgan fingerprint density at radius 3 is 2.36 bits per heavy atom. The third-order valence-corrected chi connectivity index (χ3v) is 3.50. The van der Waals surface area contributed by atoms with Gasteiger partial charge < -0.3 is 14.5 Å². The van der Waals surface area contributed by atoms with Crippen LogP contribution < -0.4 is 4.90 Å². The van der Waals surface area contributed by atoms with Gasteiger partial charge in [-0.25, -0.2) is 8.78 Å². The summed E-state index contributed by atoms with van der Waals surface area (Å²) in [6, 6.07) is 3.39. The summed E-state index contributed by atoms with van der Waals surface area (Å²) in [4.78, 5) is 26.3. The van der Waals surface area contributed by atoms with Gasteiger partial charge in [-0.2, -0.15) is 0 Å². The molecule has 7 heteroatoms. The quantitative estimate of drug-likeness (QED) is 0.848. The van der Waals surface area contributed by atoms with Crippen LogP contribution in [-0.4, -0.2) is 49.6 Å². The highest BCUT2D eigenvalue weighted by atomic mass is 19.1. The standard InChI is InChI=1S/C15H18F2N2O3/c1-11(20)19(15-12(16)3-2-4-13(15)17)6-5-14(21)18-7-9-22-10-8-18/h2-4H,5-10H2,1H3. The van der Waals surface area contributed by atoms with Gasteiger partial charge in [-0.15, -0.1) is 0 Å². The average Bonchev–Trinajstić information content (AvgIpc) is 2.50. The number of anilines is 1. The Kier molecular flexibility index (Phi) is 5.43. The summed E-state index contributed by atoms with van der Waals surface area (Å²) < 4.78 is 32.7. The molecule has 2 rings (SSSR count). The molecule has 0 unspecified atom stereocenters. The van der Waals surface area contributed by atoms with Crippen LogP contribution in [0.1, 0.15) is 13.3 Å². The fourth-order valence-electron chi connectivity index (χ4n) is 2.35. The number of carbonyl (C=O) groups is 2. The van der Waals surface area contributed by atoms with Gasteiger partial charge >= 0.3 is 0 Å².